The Bertz CT molecular complexity index is 1860. The van der Waals surface area contributed by atoms with Crippen LogP contribution in [0.1, 0.15) is 65.8 Å². The quantitative estimate of drug-likeness (QED) is 0.167. The van der Waals surface area contributed by atoms with Gasteiger partial charge in [-0.3, -0.25) is 9.58 Å². The van der Waals surface area contributed by atoms with Crippen molar-refractivity contribution in [2.45, 2.75) is 73.5 Å². The number of halogens is 2. The maximum atomic E-state index is 13.1. The van der Waals surface area contributed by atoms with E-state index in [-0.39, 0.29) is 11.8 Å². The van der Waals surface area contributed by atoms with E-state index in [1.807, 2.05) is 89.0 Å². The third kappa shape index (κ3) is 7.87. The van der Waals surface area contributed by atoms with E-state index in [2.05, 4.69) is 10.00 Å². The third-order valence-electron chi connectivity index (χ3n) is 9.15. The zero-order valence-corrected chi connectivity index (χ0v) is 31.3. The molecule has 264 valence electrons. The van der Waals surface area contributed by atoms with Crippen LogP contribution >= 0.6 is 23.2 Å². The summed E-state index contributed by atoms with van der Waals surface area (Å²) < 4.78 is 15.4. The smallest absolute Gasteiger partial charge is 0.410 e. The summed E-state index contributed by atoms with van der Waals surface area (Å²) in [6.07, 6.45) is 0.792. The first kappa shape index (κ1) is 36.5. The number of carbonyl (C=O) groups excluding carboxylic acids is 1. The molecule has 0 atom stereocenters. The number of fused-ring (bicyclic) bond motifs is 1. The van der Waals surface area contributed by atoms with Gasteiger partial charge in [0, 0.05) is 73.5 Å². The second-order valence-corrected chi connectivity index (χ2v) is 14.7. The number of benzene rings is 2. The Hall–Kier alpha value is -3.73. The lowest BCUT2D eigenvalue weighted by Crippen LogP contribution is -2.50. The number of aromatic carboxylic acids is 1. The standard InChI is InChI=1S/C37H47Cl2N5O5/c1-22-20-26(21-23(2)32(22)39)48-19-9-10-27-28-11-12-29(38)31(30-24(3)40-41(8)25(30)4)33(28)44(34(27)35(45)46)18-15-42-13-16-43(17-14-42)36(47)49-37(5,6)7/h11-12,20-21H,9-10,13-19H2,1-8H3,(H,45,46). The fourth-order valence-corrected chi connectivity index (χ4v) is 7.09. The SMILES string of the molecule is Cc1cc(OCCCc2c(C(=O)O)n(CCN3CCN(C(=O)OC(C)(C)C)CC3)c3c(-c4c(C)nn(C)c4C)c(Cl)ccc23)cc(C)c1Cl. The van der Waals surface area contributed by atoms with Crippen molar-refractivity contribution in [1.29, 1.82) is 0 Å². The number of hydrogen-bond donors (Lipinski definition) is 1. The van der Waals surface area contributed by atoms with Gasteiger partial charge in [0.1, 0.15) is 17.0 Å². The summed E-state index contributed by atoms with van der Waals surface area (Å²) >= 11 is 13.3. The monoisotopic (exact) mass is 711 g/mol. The van der Waals surface area contributed by atoms with Crippen molar-refractivity contribution in [3.63, 3.8) is 0 Å². The van der Waals surface area contributed by atoms with E-state index < -0.39 is 11.6 Å². The van der Waals surface area contributed by atoms with Crippen molar-refractivity contribution >= 4 is 46.2 Å². The van der Waals surface area contributed by atoms with Crippen molar-refractivity contribution in [1.82, 2.24) is 24.1 Å². The molecule has 10 nitrogen and oxygen atoms in total. The van der Waals surface area contributed by atoms with Gasteiger partial charge in [-0.05, 0) is 96.2 Å². The van der Waals surface area contributed by atoms with Gasteiger partial charge in [0.25, 0.3) is 0 Å². The van der Waals surface area contributed by atoms with Crippen LogP contribution in [0.2, 0.25) is 10.0 Å². The molecule has 12 heteroatoms. The molecule has 2 aromatic heterocycles. The zero-order valence-electron chi connectivity index (χ0n) is 29.7. The van der Waals surface area contributed by atoms with E-state index in [9.17, 15) is 14.7 Å². The highest BCUT2D eigenvalue weighted by Crippen LogP contribution is 2.42. The number of piperazine rings is 1. The summed E-state index contributed by atoms with van der Waals surface area (Å²) in [6, 6.07) is 7.64. The van der Waals surface area contributed by atoms with Gasteiger partial charge >= 0.3 is 12.1 Å². The number of aromatic nitrogens is 3. The predicted octanol–water partition coefficient (Wildman–Crippen LogP) is 7.84. The maximum Gasteiger partial charge on any atom is 0.410 e. The van der Waals surface area contributed by atoms with Gasteiger partial charge < -0.3 is 24.0 Å². The van der Waals surface area contributed by atoms with Crippen molar-refractivity contribution in [2.75, 3.05) is 39.3 Å². The number of amides is 1. The molecule has 4 aromatic rings. The summed E-state index contributed by atoms with van der Waals surface area (Å²) in [5, 5.41) is 17.5. The molecule has 49 heavy (non-hydrogen) atoms. The van der Waals surface area contributed by atoms with Crippen LogP contribution < -0.4 is 4.74 Å². The summed E-state index contributed by atoms with van der Waals surface area (Å²) in [5.41, 5.74) is 6.59. The average Bonchev–Trinajstić information content (AvgIpc) is 3.47. The highest BCUT2D eigenvalue weighted by molar-refractivity contribution is 6.35. The fourth-order valence-electron chi connectivity index (χ4n) is 6.74. The normalized spacial score (nSPS) is 14.1. The Balaban J connectivity index is 1.47. The number of rotatable bonds is 10. The van der Waals surface area contributed by atoms with Crippen molar-refractivity contribution in [3.8, 4) is 16.9 Å². The number of hydrogen-bond acceptors (Lipinski definition) is 6. The van der Waals surface area contributed by atoms with Gasteiger partial charge in [0.2, 0.25) is 0 Å². The van der Waals surface area contributed by atoms with Gasteiger partial charge in [-0.15, -0.1) is 0 Å². The number of carboxylic acids is 1. The first-order valence-electron chi connectivity index (χ1n) is 16.7. The topological polar surface area (TPSA) is 102 Å². The Kier molecular flexibility index (Phi) is 10.9. The Labute approximate surface area is 298 Å². The minimum absolute atomic E-state index is 0.253. The minimum atomic E-state index is -0.993. The van der Waals surface area contributed by atoms with Crippen molar-refractivity contribution in [3.05, 3.63) is 68.1 Å². The molecule has 1 aliphatic heterocycles. The zero-order chi connectivity index (χ0) is 35.8. The van der Waals surface area contributed by atoms with Crippen LogP contribution in [-0.4, -0.2) is 86.2 Å². The average molecular weight is 713 g/mol. The molecule has 1 N–H and O–H groups in total. The molecule has 5 rings (SSSR count). The summed E-state index contributed by atoms with van der Waals surface area (Å²) in [7, 11) is 1.90. The predicted molar refractivity (Wildman–Crippen MR) is 195 cm³/mol. The number of ether oxygens (including phenoxy) is 2. The lowest BCUT2D eigenvalue weighted by atomic mass is 9.98. The highest BCUT2D eigenvalue weighted by Gasteiger charge is 2.29. The molecule has 0 saturated carbocycles. The van der Waals surface area contributed by atoms with Crippen molar-refractivity contribution in [2.24, 2.45) is 7.05 Å². The summed E-state index contributed by atoms with van der Waals surface area (Å²) in [5.74, 6) is -0.254. The van der Waals surface area contributed by atoms with Gasteiger partial charge in [-0.2, -0.15) is 5.10 Å². The second-order valence-electron chi connectivity index (χ2n) is 13.9. The molecule has 1 saturated heterocycles. The molecular weight excluding hydrogens is 665 g/mol. The van der Waals surface area contributed by atoms with E-state index in [4.69, 9.17) is 32.7 Å². The largest absolute Gasteiger partial charge is 0.494 e. The van der Waals surface area contributed by atoms with Crippen LogP contribution in [0, 0.1) is 27.7 Å². The Morgan fingerprint density at radius 2 is 1.61 bits per heavy atom. The highest BCUT2D eigenvalue weighted by atomic mass is 35.5. The van der Waals surface area contributed by atoms with Crippen molar-refractivity contribution < 1.29 is 24.2 Å². The molecule has 0 spiro atoms. The Morgan fingerprint density at radius 1 is 0.959 bits per heavy atom. The number of nitrogens with zero attached hydrogens (tertiary/aromatic N) is 5. The fraction of sp³-hybridized carbons (Fsp3) is 0.486. The third-order valence-corrected chi connectivity index (χ3v) is 10.1. The van der Waals surface area contributed by atoms with Crippen LogP contribution in [0.5, 0.6) is 5.75 Å². The second kappa shape index (κ2) is 14.6. The van der Waals surface area contributed by atoms with Gasteiger partial charge in [0.05, 0.1) is 22.8 Å². The van der Waals surface area contributed by atoms with E-state index in [0.29, 0.717) is 63.7 Å². The molecule has 0 radical (unpaired) electrons. The lowest BCUT2D eigenvalue weighted by molar-refractivity contribution is 0.0142. The van der Waals surface area contributed by atoms with E-state index in [0.717, 1.165) is 60.9 Å². The van der Waals surface area contributed by atoms with Crippen LogP contribution in [-0.2, 0) is 24.8 Å². The maximum absolute atomic E-state index is 13.1. The number of aryl methyl sites for hydroxylation is 5. The molecule has 1 fully saturated rings. The molecular formula is C37H47Cl2N5O5. The molecule has 3 heterocycles. The van der Waals surface area contributed by atoms with Gasteiger partial charge in [-0.25, -0.2) is 9.59 Å². The molecule has 0 unspecified atom stereocenters. The first-order chi connectivity index (χ1) is 23.1. The first-order valence-corrected chi connectivity index (χ1v) is 17.5. The molecule has 1 aliphatic rings. The molecule has 0 aliphatic carbocycles. The molecule has 0 bridgehead atoms. The van der Waals surface area contributed by atoms with E-state index in [1.54, 1.807) is 4.90 Å². The van der Waals surface area contributed by atoms with Crippen LogP contribution in [0.4, 0.5) is 4.79 Å². The summed E-state index contributed by atoms with van der Waals surface area (Å²) in [4.78, 5) is 29.8. The van der Waals surface area contributed by atoms with E-state index >= 15 is 0 Å². The molecule has 1 amide bonds. The van der Waals surface area contributed by atoms with Gasteiger partial charge in [0.15, 0.2) is 0 Å². The van der Waals surface area contributed by atoms with E-state index in [1.165, 1.54) is 0 Å². The molecule has 2 aromatic carbocycles. The summed E-state index contributed by atoms with van der Waals surface area (Å²) in [6.45, 7) is 17.3. The lowest BCUT2D eigenvalue weighted by Gasteiger charge is -2.35. The van der Waals surface area contributed by atoms with Crippen LogP contribution in [0.25, 0.3) is 22.0 Å². The van der Waals surface area contributed by atoms with Gasteiger partial charge in [-0.1, -0.05) is 29.3 Å². The Morgan fingerprint density at radius 3 is 2.18 bits per heavy atom. The number of carboxylic acid groups (broad SMARTS) is 1. The minimum Gasteiger partial charge on any atom is -0.494 e. The van der Waals surface area contributed by atoms with Crippen LogP contribution in [0.3, 0.4) is 0 Å². The number of carbonyl (C=O) groups is 2. The van der Waals surface area contributed by atoms with Crippen LogP contribution in [0.15, 0.2) is 24.3 Å².